The second-order valence-corrected chi connectivity index (χ2v) is 3.36. The van der Waals surface area contributed by atoms with E-state index in [-0.39, 0.29) is 12.1 Å². The van der Waals surface area contributed by atoms with Crippen LogP contribution in [0.4, 0.5) is 5.69 Å². The maximum absolute atomic E-state index is 10.4. The number of carbonyl (C=O) groups excluding carboxylic acids is 1. The van der Waals surface area contributed by atoms with Crippen LogP contribution in [0, 0.1) is 10.1 Å². The van der Waals surface area contributed by atoms with E-state index < -0.39 is 4.92 Å². The van der Waals surface area contributed by atoms with Crippen LogP contribution in [0.1, 0.15) is 5.56 Å². The molecule has 0 aromatic heterocycles. The van der Waals surface area contributed by atoms with Crippen molar-refractivity contribution in [2.24, 2.45) is 0 Å². The Morgan fingerprint density at radius 3 is 2.69 bits per heavy atom. The van der Waals surface area contributed by atoms with Gasteiger partial charge in [-0.25, -0.2) is 0 Å². The molecule has 1 rings (SSSR count). The van der Waals surface area contributed by atoms with Gasteiger partial charge in [0.1, 0.15) is 6.29 Å². The number of nitro benzene ring substituents is 1. The Bertz CT molecular complexity index is 351. The Kier molecular flexibility index (Phi) is 3.13. The second kappa shape index (κ2) is 4.13. The predicted molar refractivity (Wildman–Crippen MR) is 50.6 cm³/mol. The first-order chi connectivity index (χ1) is 6.13. The summed E-state index contributed by atoms with van der Waals surface area (Å²) in [5, 5.41) is 10.4. The summed E-state index contributed by atoms with van der Waals surface area (Å²) >= 11 is 3.13. The molecule has 1 aromatic carbocycles. The third-order valence-corrected chi connectivity index (χ3v) is 1.93. The maximum atomic E-state index is 10.4. The molecule has 0 amide bonds. The van der Waals surface area contributed by atoms with E-state index in [4.69, 9.17) is 0 Å². The minimum atomic E-state index is -0.487. The zero-order chi connectivity index (χ0) is 9.84. The molecule has 4 nitrogen and oxygen atoms in total. The van der Waals surface area contributed by atoms with Gasteiger partial charge in [-0.05, 0) is 11.6 Å². The van der Waals surface area contributed by atoms with Crippen LogP contribution in [0.3, 0.4) is 0 Å². The van der Waals surface area contributed by atoms with Crippen LogP contribution < -0.4 is 0 Å². The SMILES string of the molecule is O=CCc1cc(Br)cc([N+](=O)[O-])c1. The topological polar surface area (TPSA) is 60.2 Å². The van der Waals surface area contributed by atoms with Gasteiger partial charge in [-0.1, -0.05) is 15.9 Å². The molecule has 0 aliphatic heterocycles. The molecule has 68 valence electrons. The van der Waals surface area contributed by atoms with Gasteiger partial charge in [0.15, 0.2) is 0 Å². The van der Waals surface area contributed by atoms with E-state index in [1.165, 1.54) is 12.1 Å². The highest BCUT2D eigenvalue weighted by molar-refractivity contribution is 9.10. The van der Waals surface area contributed by atoms with Crippen molar-refractivity contribution in [2.75, 3.05) is 0 Å². The fourth-order valence-electron chi connectivity index (χ4n) is 0.953. The maximum Gasteiger partial charge on any atom is 0.270 e. The number of benzene rings is 1. The van der Waals surface area contributed by atoms with Gasteiger partial charge in [0.05, 0.1) is 4.92 Å². The van der Waals surface area contributed by atoms with Gasteiger partial charge in [0, 0.05) is 23.0 Å². The van der Waals surface area contributed by atoms with Gasteiger partial charge in [-0.15, -0.1) is 0 Å². The minimum absolute atomic E-state index is 0.00812. The number of carbonyl (C=O) groups is 1. The highest BCUT2D eigenvalue weighted by Crippen LogP contribution is 2.21. The zero-order valence-corrected chi connectivity index (χ0v) is 8.15. The molecule has 0 radical (unpaired) electrons. The molecular weight excluding hydrogens is 238 g/mol. The van der Waals surface area contributed by atoms with Crippen molar-refractivity contribution in [1.29, 1.82) is 0 Å². The van der Waals surface area contributed by atoms with Crippen molar-refractivity contribution in [2.45, 2.75) is 6.42 Å². The highest BCUT2D eigenvalue weighted by atomic mass is 79.9. The molecule has 0 saturated heterocycles. The number of halogens is 1. The summed E-state index contributed by atoms with van der Waals surface area (Å²) < 4.78 is 0.610. The zero-order valence-electron chi connectivity index (χ0n) is 6.57. The molecule has 0 atom stereocenters. The van der Waals surface area contributed by atoms with Crippen LogP contribution >= 0.6 is 15.9 Å². The van der Waals surface area contributed by atoms with Crippen molar-refractivity contribution < 1.29 is 9.72 Å². The number of non-ortho nitro benzene ring substituents is 1. The molecule has 0 aliphatic rings. The summed E-state index contributed by atoms with van der Waals surface area (Å²) in [7, 11) is 0. The van der Waals surface area contributed by atoms with Crippen LogP contribution in [-0.2, 0) is 11.2 Å². The first-order valence-electron chi connectivity index (χ1n) is 3.51. The molecule has 0 bridgehead atoms. The highest BCUT2D eigenvalue weighted by Gasteiger charge is 2.07. The minimum Gasteiger partial charge on any atom is -0.303 e. The van der Waals surface area contributed by atoms with E-state index in [0.717, 1.165) is 0 Å². The summed E-state index contributed by atoms with van der Waals surface area (Å²) in [6.45, 7) is 0. The molecule has 0 saturated carbocycles. The lowest BCUT2D eigenvalue weighted by Crippen LogP contribution is -1.91. The quantitative estimate of drug-likeness (QED) is 0.464. The summed E-state index contributed by atoms with van der Waals surface area (Å²) in [6.07, 6.45) is 0.909. The van der Waals surface area contributed by atoms with Crippen molar-refractivity contribution in [3.8, 4) is 0 Å². The molecule has 1 aromatic rings. The first-order valence-corrected chi connectivity index (χ1v) is 4.30. The molecule has 0 heterocycles. The number of nitro groups is 1. The molecule has 0 aliphatic carbocycles. The summed E-state index contributed by atoms with van der Waals surface area (Å²) in [4.78, 5) is 20.1. The normalized spacial score (nSPS) is 9.62. The lowest BCUT2D eigenvalue weighted by Gasteiger charge is -1.97. The number of aldehydes is 1. The predicted octanol–water partition coefficient (Wildman–Crippen LogP) is 2.10. The van der Waals surface area contributed by atoms with Gasteiger partial charge < -0.3 is 4.79 Å². The second-order valence-electron chi connectivity index (χ2n) is 2.45. The lowest BCUT2D eigenvalue weighted by molar-refractivity contribution is -0.385. The largest absolute Gasteiger partial charge is 0.303 e. The van der Waals surface area contributed by atoms with Crippen LogP contribution in [0.2, 0.25) is 0 Å². The third-order valence-electron chi connectivity index (χ3n) is 1.47. The molecule has 0 N–H and O–H groups in total. The van der Waals surface area contributed by atoms with Gasteiger partial charge in [0.2, 0.25) is 0 Å². The number of nitrogens with zero attached hydrogens (tertiary/aromatic N) is 1. The van der Waals surface area contributed by atoms with E-state index in [2.05, 4.69) is 15.9 Å². The molecule has 0 spiro atoms. The van der Waals surface area contributed by atoms with Crippen LogP contribution in [0.5, 0.6) is 0 Å². The summed E-state index contributed by atoms with van der Waals surface area (Å²) in [6, 6.07) is 4.47. The Hall–Kier alpha value is -1.23. The van der Waals surface area contributed by atoms with Gasteiger partial charge >= 0.3 is 0 Å². The van der Waals surface area contributed by atoms with Crippen LogP contribution in [0.25, 0.3) is 0 Å². The first kappa shape index (κ1) is 9.85. The van der Waals surface area contributed by atoms with Crippen LogP contribution in [-0.4, -0.2) is 11.2 Å². The van der Waals surface area contributed by atoms with E-state index in [1.807, 2.05) is 0 Å². The van der Waals surface area contributed by atoms with Crippen molar-refractivity contribution in [1.82, 2.24) is 0 Å². The third kappa shape index (κ3) is 2.62. The Morgan fingerprint density at radius 2 is 2.15 bits per heavy atom. The van der Waals surface area contributed by atoms with E-state index in [9.17, 15) is 14.9 Å². The van der Waals surface area contributed by atoms with Gasteiger partial charge in [-0.2, -0.15) is 0 Å². The average Bonchev–Trinajstić information content (AvgIpc) is 2.03. The molecule has 5 heteroatoms. The standard InChI is InChI=1S/C8H6BrNO3/c9-7-3-6(1-2-11)4-8(5-7)10(12)13/h2-5H,1H2. The Morgan fingerprint density at radius 1 is 1.46 bits per heavy atom. The van der Waals surface area contributed by atoms with E-state index >= 15 is 0 Å². The smallest absolute Gasteiger partial charge is 0.270 e. The molecule has 0 fully saturated rings. The van der Waals surface area contributed by atoms with Gasteiger partial charge in [-0.3, -0.25) is 10.1 Å². The summed E-state index contributed by atoms with van der Waals surface area (Å²) in [5.41, 5.74) is 0.627. The molecular formula is C8H6BrNO3. The number of hydrogen-bond donors (Lipinski definition) is 0. The van der Waals surface area contributed by atoms with Gasteiger partial charge in [0.25, 0.3) is 5.69 Å². The van der Waals surface area contributed by atoms with Crippen molar-refractivity contribution in [3.63, 3.8) is 0 Å². The van der Waals surface area contributed by atoms with Crippen molar-refractivity contribution in [3.05, 3.63) is 38.3 Å². The molecule has 13 heavy (non-hydrogen) atoms. The Balaban J connectivity index is 3.10. The Labute approximate surface area is 82.8 Å². The van der Waals surface area contributed by atoms with Crippen molar-refractivity contribution >= 4 is 27.9 Å². The van der Waals surface area contributed by atoms with E-state index in [0.29, 0.717) is 16.3 Å². The number of hydrogen-bond acceptors (Lipinski definition) is 3. The van der Waals surface area contributed by atoms with E-state index in [1.54, 1.807) is 6.07 Å². The number of rotatable bonds is 3. The fourth-order valence-corrected chi connectivity index (χ4v) is 1.48. The van der Waals surface area contributed by atoms with Crippen LogP contribution in [0.15, 0.2) is 22.7 Å². The summed E-state index contributed by atoms with van der Waals surface area (Å²) in [5.74, 6) is 0. The lowest BCUT2D eigenvalue weighted by atomic mass is 10.1. The fraction of sp³-hybridized carbons (Fsp3) is 0.125. The molecule has 0 unspecified atom stereocenters. The average molecular weight is 244 g/mol. The monoisotopic (exact) mass is 243 g/mol.